The number of esters is 1. The molecular formula is C12H23N3O4. The third-order valence-electron chi connectivity index (χ3n) is 2.34. The Balaban J connectivity index is 4.53. The second kappa shape index (κ2) is 8.34. The van der Waals surface area contributed by atoms with Gasteiger partial charge in [-0.2, -0.15) is 0 Å². The van der Waals surface area contributed by atoms with Gasteiger partial charge in [-0.3, -0.25) is 4.79 Å². The van der Waals surface area contributed by atoms with Gasteiger partial charge in [-0.25, -0.2) is 9.59 Å². The average molecular weight is 273 g/mol. The van der Waals surface area contributed by atoms with Crippen molar-refractivity contribution in [3.8, 4) is 0 Å². The molecule has 0 aromatic heterocycles. The Morgan fingerprint density at radius 1 is 1.16 bits per heavy atom. The first-order chi connectivity index (χ1) is 8.77. The van der Waals surface area contributed by atoms with Crippen LogP contribution in [-0.4, -0.2) is 36.6 Å². The SMILES string of the molecule is CCOC(=O)C(C)NC(=O)C(CC(C)C)NC(N)=O. The van der Waals surface area contributed by atoms with Gasteiger partial charge in [0.25, 0.3) is 0 Å². The molecule has 110 valence electrons. The number of carbonyl (C=O) groups excluding carboxylic acids is 3. The van der Waals surface area contributed by atoms with Gasteiger partial charge in [-0.15, -0.1) is 0 Å². The number of nitrogens with one attached hydrogen (secondary N) is 2. The largest absolute Gasteiger partial charge is 0.464 e. The van der Waals surface area contributed by atoms with Crippen molar-refractivity contribution in [1.29, 1.82) is 0 Å². The number of rotatable bonds is 7. The summed E-state index contributed by atoms with van der Waals surface area (Å²) < 4.78 is 4.78. The minimum atomic E-state index is -0.774. The van der Waals surface area contributed by atoms with Crippen molar-refractivity contribution in [3.05, 3.63) is 0 Å². The molecular weight excluding hydrogens is 250 g/mol. The van der Waals surface area contributed by atoms with E-state index in [1.165, 1.54) is 6.92 Å². The normalized spacial score (nSPS) is 13.5. The summed E-state index contributed by atoms with van der Waals surface area (Å²) in [5, 5.41) is 4.85. The summed E-state index contributed by atoms with van der Waals surface area (Å²) in [4.78, 5) is 34.2. The van der Waals surface area contributed by atoms with Gasteiger partial charge in [-0.05, 0) is 26.2 Å². The third-order valence-corrected chi connectivity index (χ3v) is 2.34. The van der Waals surface area contributed by atoms with E-state index in [0.717, 1.165) is 0 Å². The molecule has 0 rings (SSSR count). The van der Waals surface area contributed by atoms with Crippen LogP contribution in [0.4, 0.5) is 4.79 Å². The van der Waals surface area contributed by atoms with Gasteiger partial charge in [0.2, 0.25) is 5.91 Å². The molecule has 19 heavy (non-hydrogen) atoms. The van der Waals surface area contributed by atoms with E-state index in [1.54, 1.807) is 6.92 Å². The maximum atomic E-state index is 11.9. The average Bonchev–Trinajstić information content (AvgIpc) is 2.26. The quantitative estimate of drug-likeness (QED) is 0.573. The van der Waals surface area contributed by atoms with Crippen LogP contribution in [0.3, 0.4) is 0 Å². The second-order valence-corrected chi connectivity index (χ2v) is 4.67. The molecule has 0 radical (unpaired) electrons. The molecule has 0 aromatic rings. The van der Waals surface area contributed by atoms with Crippen LogP contribution in [0.2, 0.25) is 0 Å². The van der Waals surface area contributed by atoms with E-state index in [2.05, 4.69) is 10.6 Å². The summed E-state index contributed by atoms with van der Waals surface area (Å²) in [5.74, 6) is -0.772. The Labute approximate surface area is 113 Å². The van der Waals surface area contributed by atoms with Gasteiger partial charge in [0.05, 0.1) is 6.61 Å². The molecule has 4 N–H and O–H groups in total. The summed E-state index contributed by atoms with van der Waals surface area (Å²) >= 11 is 0. The van der Waals surface area contributed by atoms with E-state index >= 15 is 0 Å². The summed E-state index contributed by atoms with van der Waals surface area (Å²) in [6.45, 7) is 7.28. The van der Waals surface area contributed by atoms with E-state index in [0.29, 0.717) is 6.42 Å². The van der Waals surface area contributed by atoms with Crippen molar-refractivity contribution in [3.63, 3.8) is 0 Å². The highest BCUT2D eigenvalue weighted by molar-refractivity contribution is 5.89. The fourth-order valence-corrected chi connectivity index (χ4v) is 1.51. The standard InChI is InChI=1S/C12H23N3O4/c1-5-19-11(17)8(4)14-10(16)9(6-7(2)3)15-12(13)18/h7-9H,5-6H2,1-4H3,(H,14,16)(H3,13,15,18). The van der Waals surface area contributed by atoms with Crippen LogP contribution in [0.5, 0.6) is 0 Å². The van der Waals surface area contributed by atoms with E-state index in [4.69, 9.17) is 10.5 Å². The second-order valence-electron chi connectivity index (χ2n) is 4.67. The zero-order chi connectivity index (χ0) is 15.0. The number of primary amides is 1. The van der Waals surface area contributed by atoms with Crippen molar-refractivity contribution < 1.29 is 19.1 Å². The van der Waals surface area contributed by atoms with Crippen molar-refractivity contribution in [1.82, 2.24) is 10.6 Å². The van der Waals surface area contributed by atoms with Gasteiger partial charge < -0.3 is 21.1 Å². The van der Waals surface area contributed by atoms with Gasteiger partial charge in [-0.1, -0.05) is 13.8 Å². The Kier molecular flexibility index (Phi) is 7.55. The molecule has 3 amide bonds. The molecule has 2 atom stereocenters. The number of amides is 3. The van der Waals surface area contributed by atoms with Crippen LogP contribution < -0.4 is 16.4 Å². The minimum absolute atomic E-state index is 0.195. The third kappa shape index (κ3) is 7.28. The topological polar surface area (TPSA) is 111 Å². The summed E-state index contributed by atoms with van der Waals surface area (Å²) in [7, 11) is 0. The van der Waals surface area contributed by atoms with Crippen molar-refractivity contribution in [2.75, 3.05) is 6.61 Å². The van der Waals surface area contributed by atoms with Crippen molar-refractivity contribution in [2.24, 2.45) is 11.7 Å². The van der Waals surface area contributed by atoms with Crippen LogP contribution >= 0.6 is 0 Å². The Hall–Kier alpha value is -1.79. The molecule has 0 saturated heterocycles. The summed E-state index contributed by atoms with van der Waals surface area (Å²) in [6, 6.07) is -2.30. The molecule has 0 bridgehead atoms. The van der Waals surface area contributed by atoms with Crippen LogP contribution in [0.1, 0.15) is 34.1 Å². The van der Waals surface area contributed by atoms with E-state index in [-0.39, 0.29) is 12.5 Å². The van der Waals surface area contributed by atoms with Crippen molar-refractivity contribution in [2.45, 2.75) is 46.2 Å². The van der Waals surface area contributed by atoms with E-state index in [9.17, 15) is 14.4 Å². The number of hydrogen-bond donors (Lipinski definition) is 3. The molecule has 0 aromatic carbocycles. The van der Waals surface area contributed by atoms with Gasteiger partial charge in [0, 0.05) is 0 Å². The number of hydrogen-bond acceptors (Lipinski definition) is 4. The highest BCUT2D eigenvalue weighted by atomic mass is 16.5. The first kappa shape index (κ1) is 17.2. The van der Waals surface area contributed by atoms with Crippen LogP contribution in [-0.2, 0) is 14.3 Å². The lowest BCUT2D eigenvalue weighted by atomic mass is 10.0. The van der Waals surface area contributed by atoms with Gasteiger partial charge >= 0.3 is 12.0 Å². The molecule has 0 aliphatic carbocycles. The number of urea groups is 1. The van der Waals surface area contributed by atoms with E-state index in [1.807, 2.05) is 13.8 Å². The molecule has 0 heterocycles. The lowest BCUT2D eigenvalue weighted by Crippen LogP contribution is -2.52. The number of ether oxygens (including phenoxy) is 1. The Morgan fingerprint density at radius 3 is 2.16 bits per heavy atom. The van der Waals surface area contributed by atoms with E-state index < -0.39 is 30.0 Å². The zero-order valence-electron chi connectivity index (χ0n) is 11.9. The van der Waals surface area contributed by atoms with Crippen LogP contribution in [0.25, 0.3) is 0 Å². The lowest BCUT2D eigenvalue weighted by molar-refractivity contribution is -0.147. The molecule has 0 aliphatic heterocycles. The summed E-state index contributed by atoms with van der Waals surface area (Å²) in [5.41, 5.74) is 5.02. The number of carbonyl (C=O) groups is 3. The highest BCUT2D eigenvalue weighted by Crippen LogP contribution is 2.05. The smallest absolute Gasteiger partial charge is 0.328 e. The Bertz CT molecular complexity index is 331. The van der Waals surface area contributed by atoms with Gasteiger partial charge in [0.15, 0.2) is 0 Å². The fourth-order valence-electron chi connectivity index (χ4n) is 1.51. The van der Waals surface area contributed by atoms with Crippen LogP contribution in [0.15, 0.2) is 0 Å². The molecule has 0 aliphatic rings. The highest BCUT2D eigenvalue weighted by Gasteiger charge is 2.24. The molecule has 7 heteroatoms. The molecule has 0 fully saturated rings. The predicted octanol–water partition coefficient (Wildman–Crippen LogP) is 0.137. The Morgan fingerprint density at radius 2 is 1.74 bits per heavy atom. The molecule has 7 nitrogen and oxygen atoms in total. The summed E-state index contributed by atoms with van der Waals surface area (Å²) in [6.07, 6.45) is 0.435. The zero-order valence-corrected chi connectivity index (χ0v) is 11.9. The maximum absolute atomic E-state index is 11.9. The first-order valence-electron chi connectivity index (χ1n) is 6.30. The fraction of sp³-hybridized carbons (Fsp3) is 0.750. The first-order valence-corrected chi connectivity index (χ1v) is 6.30. The maximum Gasteiger partial charge on any atom is 0.328 e. The lowest BCUT2D eigenvalue weighted by Gasteiger charge is -2.21. The van der Waals surface area contributed by atoms with Crippen LogP contribution in [0, 0.1) is 5.92 Å². The monoisotopic (exact) mass is 273 g/mol. The van der Waals surface area contributed by atoms with Crippen molar-refractivity contribution >= 4 is 17.9 Å². The minimum Gasteiger partial charge on any atom is -0.464 e. The number of nitrogens with two attached hydrogens (primary N) is 1. The van der Waals surface area contributed by atoms with Gasteiger partial charge in [0.1, 0.15) is 12.1 Å². The molecule has 0 saturated carbocycles. The molecule has 0 spiro atoms. The molecule has 2 unspecified atom stereocenters. The predicted molar refractivity (Wildman–Crippen MR) is 70.2 cm³/mol.